The highest BCUT2D eigenvalue weighted by molar-refractivity contribution is 7.08. The Balaban J connectivity index is 1.92. The van der Waals surface area contributed by atoms with Gasteiger partial charge in [0.1, 0.15) is 0 Å². The largest absolute Gasteiger partial charge is 0.396 e. The summed E-state index contributed by atoms with van der Waals surface area (Å²) in [7, 11) is 0. The Labute approximate surface area is 151 Å². The maximum Gasteiger partial charge on any atom is 0.348 e. The van der Waals surface area contributed by atoms with Gasteiger partial charge in [-0.25, -0.2) is 14.3 Å². The standard InChI is InChI=1S/C18H16N4O3S/c23-6-1-5-19-17(24)14-9-16-20-21-18(25)22(16)15-8-11(2-3-13(14)15)12-4-7-26-10-12/h2-4,7-10,23H,1,5-6H2,(H,19,24)(H,21,25). The molecular formula is C18H16N4O3S. The number of rotatable bonds is 5. The van der Waals surface area contributed by atoms with Gasteiger partial charge in [0.25, 0.3) is 5.91 Å². The van der Waals surface area contributed by atoms with Crippen molar-refractivity contribution in [2.75, 3.05) is 13.2 Å². The van der Waals surface area contributed by atoms with Crippen LogP contribution in [0.15, 0.2) is 45.9 Å². The fourth-order valence-electron chi connectivity index (χ4n) is 2.96. The number of carbonyl (C=O) groups is 1. The number of carbonyl (C=O) groups excluding carboxylic acids is 1. The minimum Gasteiger partial charge on any atom is -0.396 e. The average Bonchev–Trinajstić information content (AvgIpc) is 3.31. The third-order valence-corrected chi connectivity index (χ3v) is 4.90. The van der Waals surface area contributed by atoms with Crippen LogP contribution in [-0.4, -0.2) is 38.8 Å². The maximum atomic E-state index is 12.6. The van der Waals surface area contributed by atoms with Crippen molar-refractivity contribution >= 4 is 33.8 Å². The van der Waals surface area contributed by atoms with Crippen molar-refractivity contribution in [3.63, 3.8) is 0 Å². The maximum absolute atomic E-state index is 12.6. The lowest BCUT2D eigenvalue weighted by Crippen LogP contribution is -2.25. The number of aliphatic hydroxyl groups is 1. The molecule has 1 amide bonds. The van der Waals surface area contributed by atoms with Crippen molar-refractivity contribution in [3.8, 4) is 11.1 Å². The van der Waals surface area contributed by atoms with Gasteiger partial charge in [-0.1, -0.05) is 12.1 Å². The smallest absolute Gasteiger partial charge is 0.348 e. The van der Waals surface area contributed by atoms with Crippen LogP contribution in [0.25, 0.3) is 27.7 Å². The summed E-state index contributed by atoms with van der Waals surface area (Å²) in [6.07, 6.45) is 0.482. The van der Waals surface area contributed by atoms with E-state index in [-0.39, 0.29) is 18.2 Å². The van der Waals surface area contributed by atoms with E-state index in [4.69, 9.17) is 5.11 Å². The van der Waals surface area contributed by atoms with Crippen LogP contribution in [0.4, 0.5) is 0 Å². The highest BCUT2D eigenvalue weighted by Crippen LogP contribution is 2.28. The molecule has 0 atom stereocenters. The number of hydrogen-bond donors (Lipinski definition) is 3. The monoisotopic (exact) mass is 368 g/mol. The molecule has 3 aromatic heterocycles. The molecule has 3 heterocycles. The number of pyridine rings is 1. The number of benzene rings is 1. The molecule has 132 valence electrons. The first kappa shape index (κ1) is 16.5. The van der Waals surface area contributed by atoms with Gasteiger partial charge >= 0.3 is 5.69 Å². The molecule has 0 bridgehead atoms. The van der Waals surface area contributed by atoms with Crippen molar-refractivity contribution in [1.82, 2.24) is 19.9 Å². The number of thiophene rings is 1. The van der Waals surface area contributed by atoms with E-state index in [1.54, 1.807) is 17.4 Å². The van der Waals surface area contributed by atoms with Crippen LogP contribution in [0.2, 0.25) is 0 Å². The van der Waals surface area contributed by atoms with E-state index in [0.717, 1.165) is 11.1 Å². The molecule has 0 saturated carbocycles. The molecule has 3 N–H and O–H groups in total. The zero-order valence-electron chi connectivity index (χ0n) is 13.7. The zero-order valence-corrected chi connectivity index (χ0v) is 14.5. The van der Waals surface area contributed by atoms with E-state index in [1.807, 2.05) is 35.0 Å². The number of nitrogens with zero attached hydrogens (tertiary/aromatic N) is 2. The first-order valence-corrected chi connectivity index (χ1v) is 9.09. The zero-order chi connectivity index (χ0) is 18.1. The van der Waals surface area contributed by atoms with Crippen LogP contribution in [-0.2, 0) is 0 Å². The second kappa shape index (κ2) is 6.74. The van der Waals surface area contributed by atoms with Crippen LogP contribution in [0, 0.1) is 0 Å². The topological polar surface area (TPSA) is 99.5 Å². The predicted octanol–water partition coefficient (Wildman–Crippen LogP) is 2.02. The van der Waals surface area contributed by atoms with E-state index < -0.39 is 0 Å². The Bertz CT molecular complexity index is 1140. The molecule has 0 radical (unpaired) electrons. The lowest BCUT2D eigenvalue weighted by Gasteiger charge is -2.10. The Morgan fingerprint density at radius 1 is 1.27 bits per heavy atom. The first-order valence-electron chi connectivity index (χ1n) is 8.14. The lowest BCUT2D eigenvalue weighted by atomic mass is 10.0. The van der Waals surface area contributed by atoms with Gasteiger partial charge in [0, 0.05) is 18.5 Å². The summed E-state index contributed by atoms with van der Waals surface area (Å²) >= 11 is 1.60. The highest BCUT2D eigenvalue weighted by Gasteiger charge is 2.16. The van der Waals surface area contributed by atoms with E-state index >= 15 is 0 Å². The van der Waals surface area contributed by atoms with Crippen LogP contribution in [0.3, 0.4) is 0 Å². The summed E-state index contributed by atoms with van der Waals surface area (Å²) in [5.41, 5.74) is 3.13. The molecule has 26 heavy (non-hydrogen) atoms. The number of amides is 1. The Kier molecular flexibility index (Phi) is 4.27. The quantitative estimate of drug-likeness (QED) is 0.469. The Morgan fingerprint density at radius 2 is 2.15 bits per heavy atom. The number of aliphatic hydroxyl groups excluding tert-OH is 1. The third kappa shape index (κ3) is 2.79. The van der Waals surface area contributed by atoms with Gasteiger partial charge in [-0.3, -0.25) is 4.79 Å². The van der Waals surface area contributed by atoms with E-state index in [9.17, 15) is 9.59 Å². The number of H-pyrrole nitrogens is 1. The molecule has 0 fully saturated rings. The Hall–Kier alpha value is -2.97. The summed E-state index contributed by atoms with van der Waals surface area (Å²) in [4.78, 5) is 24.8. The normalized spacial score (nSPS) is 11.3. The van der Waals surface area contributed by atoms with E-state index in [1.165, 1.54) is 4.40 Å². The minimum absolute atomic E-state index is 0.0127. The van der Waals surface area contributed by atoms with Crippen molar-refractivity contribution in [2.45, 2.75) is 6.42 Å². The molecule has 1 aromatic carbocycles. The summed E-state index contributed by atoms with van der Waals surface area (Å²) in [6.45, 7) is 0.390. The predicted molar refractivity (Wildman–Crippen MR) is 101 cm³/mol. The number of hydrogen-bond acceptors (Lipinski definition) is 5. The number of aromatic nitrogens is 3. The molecule has 4 rings (SSSR count). The molecule has 0 aliphatic carbocycles. The minimum atomic E-state index is -0.347. The van der Waals surface area contributed by atoms with Gasteiger partial charge in [-0.05, 0) is 46.5 Å². The second-order valence-electron chi connectivity index (χ2n) is 5.86. The van der Waals surface area contributed by atoms with Gasteiger partial charge in [-0.15, -0.1) is 0 Å². The number of aromatic amines is 1. The molecule has 7 nitrogen and oxygen atoms in total. The van der Waals surface area contributed by atoms with Crippen molar-refractivity contribution in [2.24, 2.45) is 0 Å². The van der Waals surface area contributed by atoms with Gasteiger partial charge in [0.05, 0.1) is 11.1 Å². The average molecular weight is 368 g/mol. The van der Waals surface area contributed by atoms with E-state index in [0.29, 0.717) is 35.1 Å². The van der Waals surface area contributed by atoms with Crippen molar-refractivity contribution in [1.29, 1.82) is 0 Å². The molecule has 4 aromatic rings. The number of fused-ring (bicyclic) bond motifs is 3. The lowest BCUT2D eigenvalue weighted by molar-refractivity contribution is 0.0953. The number of nitrogens with one attached hydrogen (secondary N) is 2. The summed E-state index contributed by atoms with van der Waals surface area (Å²) in [5.74, 6) is -0.260. The molecule has 0 aliphatic heterocycles. The van der Waals surface area contributed by atoms with Crippen molar-refractivity contribution in [3.05, 3.63) is 57.1 Å². The molecule has 0 unspecified atom stereocenters. The highest BCUT2D eigenvalue weighted by atomic mass is 32.1. The van der Waals surface area contributed by atoms with Gasteiger partial charge in [-0.2, -0.15) is 16.4 Å². The van der Waals surface area contributed by atoms with Gasteiger partial charge in [0.2, 0.25) is 0 Å². The molecular weight excluding hydrogens is 352 g/mol. The molecule has 0 spiro atoms. The van der Waals surface area contributed by atoms with Crippen LogP contribution >= 0.6 is 11.3 Å². The second-order valence-corrected chi connectivity index (χ2v) is 6.64. The van der Waals surface area contributed by atoms with Crippen LogP contribution < -0.4 is 11.0 Å². The third-order valence-electron chi connectivity index (χ3n) is 4.22. The molecule has 0 saturated heterocycles. The Morgan fingerprint density at radius 3 is 2.92 bits per heavy atom. The van der Waals surface area contributed by atoms with Crippen LogP contribution in [0.5, 0.6) is 0 Å². The molecule has 8 heteroatoms. The van der Waals surface area contributed by atoms with Crippen LogP contribution in [0.1, 0.15) is 16.8 Å². The summed E-state index contributed by atoms with van der Waals surface area (Å²) in [5, 5.41) is 22.8. The van der Waals surface area contributed by atoms with Crippen molar-refractivity contribution < 1.29 is 9.90 Å². The van der Waals surface area contributed by atoms with Gasteiger partial charge < -0.3 is 10.4 Å². The fraction of sp³-hybridized carbons (Fsp3) is 0.167. The first-order chi connectivity index (χ1) is 12.7. The van der Waals surface area contributed by atoms with E-state index in [2.05, 4.69) is 15.5 Å². The molecule has 0 aliphatic rings. The fourth-order valence-corrected chi connectivity index (χ4v) is 3.63. The SMILES string of the molecule is O=C(NCCCO)c1cc2n[nH]c(=O)n2c2cc(-c3ccsc3)ccc12. The summed E-state index contributed by atoms with van der Waals surface area (Å²) in [6, 6.07) is 9.28. The van der Waals surface area contributed by atoms with Gasteiger partial charge in [0.15, 0.2) is 5.65 Å². The summed E-state index contributed by atoms with van der Waals surface area (Å²) < 4.78 is 1.47.